The molecular weight excluding hydrogens is 501 g/mol. The number of benzene rings is 2. The lowest BCUT2D eigenvalue weighted by molar-refractivity contribution is -0.274. The van der Waals surface area contributed by atoms with E-state index < -0.39 is 18.2 Å². The van der Waals surface area contributed by atoms with E-state index in [-0.39, 0.29) is 30.2 Å². The van der Waals surface area contributed by atoms with Gasteiger partial charge >= 0.3 is 12.3 Å². The summed E-state index contributed by atoms with van der Waals surface area (Å²) in [6.07, 6.45) is -2.02. The van der Waals surface area contributed by atoms with Gasteiger partial charge in [0.25, 0.3) is 5.91 Å². The Morgan fingerprint density at radius 3 is 2.50 bits per heavy atom. The standard InChI is InChI=1S/C27H31F3N4O4/c1-16-12-19(15-26(2,3)14-16)34-22-9-4-17(24(37)31-11-10-23(35)36)13-21(22)33-25(34)32-18-5-7-20(8-6-18)38-27(28,29)30/h4-9,13,16,19H,10-12,14-15H2,1-3H3,(H,31,37)(H,32,33)(H,35,36)/t16-,19+/m0/s1. The van der Waals surface area contributed by atoms with E-state index in [0.29, 0.717) is 28.6 Å². The van der Waals surface area contributed by atoms with Crippen LogP contribution in [-0.4, -0.2) is 39.4 Å². The van der Waals surface area contributed by atoms with E-state index >= 15 is 0 Å². The number of nitrogens with zero attached hydrogens (tertiary/aromatic N) is 2. The van der Waals surface area contributed by atoms with E-state index in [0.717, 1.165) is 24.8 Å². The molecular formula is C27H31F3N4O4. The minimum Gasteiger partial charge on any atom is -0.481 e. The molecule has 1 aliphatic rings. The number of amides is 1. The van der Waals surface area contributed by atoms with Crippen molar-refractivity contribution in [3.63, 3.8) is 0 Å². The number of hydrogen-bond donors (Lipinski definition) is 3. The number of hydrogen-bond acceptors (Lipinski definition) is 5. The number of carbonyl (C=O) groups excluding carboxylic acids is 1. The summed E-state index contributed by atoms with van der Waals surface area (Å²) < 4.78 is 43.7. The molecule has 3 N–H and O–H groups in total. The molecule has 0 aliphatic heterocycles. The molecule has 3 aromatic rings. The number of halogens is 3. The number of fused-ring (bicyclic) bond motifs is 1. The van der Waals surface area contributed by atoms with Crippen molar-refractivity contribution in [2.75, 3.05) is 11.9 Å². The Hall–Kier alpha value is -3.76. The van der Waals surface area contributed by atoms with Crippen LogP contribution in [0.4, 0.5) is 24.8 Å². The van der Waals surface area contributed by atoms with Gasteiger partial charge in [0.15, 0.2) is 0 Å². The first-order valence-electron chi connectivity index (χ1n) is 12.4. The Bertz CT molecular complexity index is 1320. The van der Waals surface area contributed by atoms with Gasteiger partial charge in [0.1, 0.15) is 5.75 Å². The van der Waals surface area contributed by atoms with Crippen molar-refractivity contribution < 1.29 is 32.6 Å². The molecule has 2 atom stereocenters. The Morgan fingerprint density at radius 2 is 1.87 bits per heavy atom. The number of carboxylic acids is 1. The minimum absolute atomic E-state index is 0.0105. The number of nitrogens with one attached hydrogen (secondary N) is 2. The van der Waals surface area contributed by atoms with Crippen molar-refractivity contribution in [1.29, 1.82) is 0 Å². The third-order valence-corrected chi connectivity index (χ3v) is 6.65. The first kappa shape index (κ1) is 27.3. The van der Waals surface area contributed by atoms with Gasteiger partial charge in [-0.25, -0.2) is 4.98 Å². The van der Waals surface area contributed by atoms with E-state index in [4.69, 9.17) is 10.1 Å². The van der Waals surface area contributed by atoms with Gasteiger partial charge in [-0.3, -0.25) is 9.59 Å². The van der Waals surface area contributed by atoms with Crippen molar-refractivity contribution in [3.05, 3.63) is 48.0 Å². The third-order valence-electron chi connectivity index (χ3n) is 6.65. The van der Waals surface area contributed by atoms with Crippen LogP contribution in [0.1, 0.15) is 62.9 Å². The topological polar surface area (TPSA) is 105 Å². The molecule has 1 heterocycles. The summed E-state index contributed by atoms with van der Waals surface area (Å²) in [5.74, 6) is -0.726. The van der Waals surface area contributed by atoms with Gasteiger partial charge in [-0.15, -0.1) is 13.2 Å². The summed E-state index contributed by atoms with van der Waals surface area (Å²) in [6.45, 7) is 6.71. The van der Waals surface area contributed by atoms with E-state index in [1.807, 2.05) is 6.07 Å². The van der Waals surface area contributed by atoms with Gasteiger partial charge in [0.05, 0.1) is 17.5 Å². The maximum Gasteiger partial charge on any atom is 0.573 e. The molecule has 4 rings (SSSR count). The quantitative estimate of drug-likeness (QED) is 0.316. The fourth-order valence-corrected chi connectivity index (χ4v) is 5.44. The number of aliphatic carboxylic acids is 1. The Kier molecular flexibility index (Phi) is 7.57. The number of ether oxygens (including phenoxy) is 1. The average Bonchev–Trinajstić information content (AvgIpc) is 3.14. The fourth-order valence-electron chi connectivity index (χ4n) is 5.44. The van der Waals surface area contributed by atoms with Crippen molar-refractivity contribution in [1.82, 2.24) is 14.9 Å². The molecule has 1 amide bonds. The number of carboxylic acid groups (broad SMARTS) is 1. The lowest BCUT2D eigenvalue weighted by Gasteiger charge is -2.40. The molecule has 2 aromatic carbocycles. The van der Waals surface area contributed by atoms with Crippen LogP contribution in [0.3, 0.4) is 0 Å². The summed E-state index contributed by atoms with van der Waals surface area (Å²) in [5, 5.41) is 14.6. The molecule has 1 aromatic heterocycles. The second kappa shape index (κ2) is 10.5. The Morgan fingerprint density at radius 1 is 1.16 bits per heavy atom. The molecule has 0 saturated heterocycles. The van der Waals surface area contributed by atoms with Crippen molar-refractivity contribution >= 4 is 34.5 Å². The second-order valence-corrected chi connectivity index (χ2v) is 10.7. The molecule has 11 heteroatoms. The lowest BCUT2D eigenvalue weighted by Crippen LogP contribution is -2.29. The SMILES string of the molecule is C[C@H]1C[C@@H](n2c(Nc3ccc(OC(F)(F)F)cc3)nc3cc(C(=O)NCCC(=O)O)ccc32)CC(C)(C)C1. The van der Waals surface area contributed by atoms with E-state index in [1.165, 1.54) is 24.3 Å². The molecule has 8 nitrogen and oxygen atoms in total. The smallest absolute Gasteiger partial charge is 0.481 e. The van der Waals surface area contributed by atoms with E-state index in [2.05, 4.69) is 40.7 Å². The highest BCUT2D eigenvalue weighted by atomic mass is 19.4. The summed E-state index contributed by atoms with van der Waals surface area (Å²) in [7, 11) is 0. The molecule has 0 bridgehead atoms. The fraction of sp³-hybridized carbons (Fsp3) is 0.444. The zero-order valence-corrected chi connectivity index (χ0v) is 21.4. The minimum atomic E-state index is -4.77. The van der Waals surface area contributed by atoms with Crippen LogP contribution in [0.2, 0.25) is 0 Å². The van der Waals surface area contributed by atoms with Gasteiger partial charge in [-0.2, -0.15) is 0 Å². The Balaban J connectivity index is 1.68. The van der Waals surface area contributed by atoms with Gasteiger partial charge in [-0.05, 0) is 73.1 Å². The lowest BCUT2D eigenvalue weighted by atomic mass is 9.70. The van der Waals surface area contributed by atoms with Crippen molar-refractivity contribution in [2.24, 2.45) is 11.3 Å². The van der Waals surface area contributed by atoms with Gasteiger partial charge in [-0.1, -0.05) is 20.8 Å². The first-order chi connectivity index (χ1) is 17.8. The largest absolute Gasteiger partial charge is 0.573 e. The van der Waals surface area contributed by atoms with Crippen LogP contribution in [0.15, 0.2) is 42.5 Å². The van der Waals surface area contributed by atoms with Crippen LogP contribution in [0.5, 0.6) is 5.75 Å². The average molecular weight is 533 g/mol. The zero-order chi connectivity index (χ0) is 27.7. The van der Waals surface area contributed by atoms with Crippen LogP contribution in [-0.2, 0) is 4.79 Å². The summed E-state index contributed by atoms with van der Waals surface area (Å²) in [5.41, 5.74) is 2.39. The maximum atomic E-state index is 12.6. The summed E-state index contributed by atoms with van der Waals surface area (Å²) in [4.78, 5) is 28.1. The molecule has 1 fully saturated rings. The number of anilines is 2. The molecule has 204 valence electrons. The van der Waals surface area contributed by atoms with Crippen LogP contribution < -0.4 is 15.4 Å². The van der Waals surface area contributed by atoms with E-state index in [9.17, 15) is 22.8 Å². The number of carbonyl (C=O) groups is 2. The zero-order valence-electron chi connectivity index (χ0n) is 21.4. The maximum absolute atomic E-state index is 12.6. The molecule has 0 unspecified atom stereocenters. The predicted molar refractivity (Wildman–Crippen MR) is 137 cm³/mol. The molecule has 1 aliphatic carbocycles. The normalized spacial score (nSPS) is 19.2. The number of rotatable bonds is 8. The van der Waals surface area contributed by atoms with Crippen LogP contribution in [0, 0.1) is 11.3 Å². The molecule has 0 spiro atoms. The van der Waals surface area contributed by atoms with Crippen LogP contribution >= 0.6 is 0 Å². The highest BCUT2D eigenvalue weighted by Crippen LogP contribution is 2.46. The molecule has 1 saturated carbocycles. The Labute approximate surface area is 218 Å². The van der Waals surface area contributed by atoms with Crippen molar-refractivity contribution in [3.8, 4) is 5.75 Å². The summed E-state index contributed by atoms with van der Waals surface area (Å²) >= 11 is 0. The second-order valence-electron chi connectivity index (χ2n) is 10.7. The van der Waals surface area contributed by atoms with Gasteiger partial charge < -0.3 is 25.0 Å². The van der Waals surface area contributed by atoms with Crippen LogP contribution in [0.25, 0.3) is 11.0 Å². The monoisotopic (exact) mass is 532 g/mol. The highest BCUT2D eigenvalue weighted by molar-refractivity contribution is 5.98. The predicted octanol–water partition coefficient (Wildman–Crippen LogP) is 6.27. The number of alkyl halides is 3. The van der Waals surface area contributed by atoms with Gasteiger partial charge in [0.2, 0.25) is 5.95 Å². The number of aromatic nitrogens is 2. The summed E-state index contributed by atoms with van der Waals surface area (Å²) in [6, 6.07) is 10.7. The van der Waals surface area contributed by atoms with Crippen molar-refractivity contribution in [2.45, 2.75) is 58.9 Å². The highest BCUT2D eigenvalue weighted by Gasteiger charge is 2.35. The van der Waals surface area contributed by atoms with Gasteiger partial charge in [0, 0.05) is 23.8 Å². The number of imidazole rings is 1. The third kappa shape index (κ3) is 6.76. The first-order valence-corrected chi connectivity index (χ1v) is 12.4. The molecule has 0 radical (unpaired) electrons. The van der Waals surface area contributed by atoms with E-state index in [1.54, 1.807) is 12.1 Å². The molecule has 38 heavy (non-hydrogen) atoms.